The molecular formula is C13H7BrClFO. The molecule has 0 bridgehead atoms. The fraction of sp³-hybridized carbons (Fsp3) is 0. The molecule has 17 heavy (non-hydrogen) atoms. The van der Waals surface area contributed by atoms with Gasteiger partial charge in [-0.15, -0.1) is 0 Å². The van der Waals surface area contributed by atoms with E-state index in [9.17, 15) is 9.18 Å². The van der Waals surface area contributed by atoms with Crippen molar-refractivity contribution in [2.75, 3.05) is 0 Å². The fourth-order valence-electron chi connectivity index (χ4n) is 1.49. The van der Waals surface area contributed by atoms with E-state index in [1.165, 1.54) is 12.1 Å². The summed E-state index contributed by atoms with van der Waals surface area (Å²) < 4.78 is 14.0. The van der Waals surface area contributed by atoms with Crippen LogP contribution in [0.15, 0.2) is 46.9 Å². The molecule has 86 valence electrons. The zero-order valence-corrected chi connectivity index (χ0v) is 10.9. The van der Waals surface area contributed by atoms with E-state index in [4.69, 9.17) is 11.6 Å². The van der Waals surface area contributed by atoms with Gasteiger partial charge in [0.2, 0.25) is 0 Å². The lowest BCUT2D eigenvalue weighted by molar-refractivity contribution is 0.103. The number of carbonyl (C=O) groups excluding carboxylic acids is 1. The Labute approximate surface area is 111 Å². The predicted molar refractivity (Wildman–Crippen MR) is 69.0 cm³/mol. The van der Waals surface area contributed by atoms with E-state index < -0.39 is 11.6 Å². The van der Waals surface area contributed by atoms with Gasteiger partial charge in [-0.05, 0) is 40.2 Å². The van der Waals surface area contributed by atoms with Crippen molar-refractivity contribution in [2.24, 2.45) is 0 Å². The summed E-state index contributed by atoms with van der Waals surface area (Å²) >= 11 is 9.08. The van der Waals surface area contributed by atoms with E-state index in [1.54, 1.807) is 30.3 Å². The van der Waals surface area contributed by atoms with E-state index in [-0.39, 0.29) is 5.56 Å². The Bertz CT molecular complexity index is 563. The van der Waals surface area contributed by atoms with Crippen LogP contribution in [-0.4, -0.2) is 5.78 Å². The summed E-state index contributed by atoms with van der Waals surface area (Å²) in [4.78, 5) is 12.2. The van der Waals surface area contributed by atoms with Crippen molar-refractivity contribution in [1.29, 1.82) is 0 Å². The standard InChI is InChI=1S/C13H7BrClFO/c14-9-5-3-7-11(16)12(9)13(17)8-4-1-2-6-10(8)15/h1-7H. The van der Waals surface area contributed by atoms with Gasteiger partial charge < -0.3 is 0 Å². The van der Waals surface area contributed by atoms with Crippen molar-refractivity contribution in [2.45, 2.75) is 0 Å². The molecule has 2 aromatic rings. The van der Waals surface area contributed by atoms with Crippen molar-refractivity contribution in [3.63, 3.8) is 0 Å². The highest BCUT2D eigenvalue weighted by atomic mass is 79.9. The fourth-order valence-corrected chi connectivity index (χ4v) is 2.24. The van der Waals surface area contributed by atoms with Crippen molar-refractivity contribution in [3.8, 4) is 0 Å². The van der Waals surface area contributed by atoms with Gasteiger partial charge in [0, 0.05) is 10.0 Å². The van der Waals surface area contributed by atoms with Gasteiger partial charge in [-0.3, -0.25) is 4.79 Å². The minimum absolute atomic E-state index is 0.000556. The van der Waals surface area contributed by atoms with Crippen LogP contribution in [0.5, 0.6) is 0 Å². The Morgan fingerprint density at radius 3 is 2.47 bits per heavy atom. The number of benzene rings is 2. The molecule has 0 radical (unpaired) electrons. The van der Waals surface area contributed by atoms with Gasteiger partial charge >= 0.3 is 0 Å². The summed E-state index contributed by atoms with van der Waals surface area (Å²) in [5, 5.41) is 0.313. The molecule has 0 atom stereocenters. The van der Waals surface area contributed by atoms with Crippen molar-refractivity contribution in [3.05, 3.63) is 68.9 Å². The maximum absolute atomic E-state index is 13.6. The molecule has 0 spiro atoms. The summed E-state index contributed by atoms with van der Waals surface area (Å²) in [6, 6.07) is 11.0. The predicted octanol–water partition coefficient (Wildman–Crippen LogP) is 4.47. The van der Waals surface area contributed by atoms with E-state index in [1.807, 2.05) is 0 Å². The van der Waals surface area contributed by atoms with Gasteiger partial charge in [0.15, 0.2) is 5.78 Å². The van der Waals surface area contributed by atoms with Gasteiger partial charge in [-0.1, -0.05) is 29.8 Å². The summed E-state index contributed by atoms with van der Waals surface area (Å²) in [5.74, 6) is -0.995. The highest BCUT2D eigenvalue weighted by Gasteiger charge is 2.18. The lowest BCUT2D eigenvalue weighted by Crippen LogP contribution is -2.06. The second-order valence-corrected chi connectivity index (χ2v) is 4.67. The average molecular weight is 314 g/mol. The van der Waals surface area contributed by atoms with Gasteiger partial charge in [0.05, 0.1) is 10.6 Å². The molecule has 4 heteroatoms. The highest BCUT2D eigenvalue weighted by molar-refractivity contribution is 9.10. The third kappa shape index (κ3) is 2.40. The molecule has 2 aromatic carbocycles. The van der Waals surface area contributed by atoms with Crippen LogP contribution in [0.1, 0.15) is 15.9 Å². The summed E-state index contributed by atoms with van der Waals surface area (Å²) in [7, 11) is 0. The van der Waals surface area contributed by atoms with Crippen LogP contribution in [0.2, 0.25) is 5.02 Å². The molecule has 0 fully saturated rings. The molecular weight excluding hydrogens is 306 g/mol. The van der Waals surface area contributed by atoms with Crippen LogP contribution in [0.4, 0.5) is 4.39 Å². The van der Waals surface area contributed by atoms with Crippen LogP contribution >= 0.6 is 27.5 Å². The number of carbonyl (C=O) groups is 1. The normalized spacial score (nSPS) is 10.3. The lowest BCUT2D eigenvalue weighted by Gasteiger charge is -2.06. The lowest BCUT2D eigenvalue weighted by atomic mass is 10.0. The molecule has 0 aliphatic rings. The number of hydrogen-bond donors (Lipinski definition) is 0. The summed E-state index contributed by atoms with van der Waals surface area (Å²) in [6.45, 7) is 0. The number of halogens is 3. The SMILES string of the molecule is O=C(c1ccccc1Cl)c1c(F)cccc1Br. The third-order valence-electron chi connectivity index (χ3n) is 2.31. The molecule has 0 N–H and O–H groups in total. The minimum Gasteiger partial charge on any atom is -0.288 e. The van der Waals surface area contributed by atoms with Gasteiger partial charge in [0.1, 0.15) is 5.82 Å². The van der Waals surface area contributed by atoms with E-state index in [2.05, 4.69) is 15.9 Å². The second kappa shape index (κ2) is 4.98. The molecule has 2 rings (SSSR count). The molecule has 0 aliphatic carbocycles. The largest absolute Gasteiger partial charge is 0.288 e. The minimum atomic E-state index is -0.565. The molecule has 0 saturated heterocycles. The van der Waals surface area contributed by atoms with Crippen LogP contribution in [-0.2, 0) is 0 Å². The monoisotopic (exact) mass is 312 g/mol. The van der Waals surface area contributed by atoms with Crippen molar-refractivity contribution < 1.29 is 9.18 Å². The van der Waals surface area contributed by atoms with E-state index in [0.29, 0.717) is 15.1 Å². The smallest absolute Gasteiger partial charge is 0.198 e. The Morgan fingerprint density at radius 1 is 1.12 bits per heavy atom. The zero-order chi connectivity index (χ0) is 12.4. The molecule has 0 saturated carbocycles. The Balaban J connectivity index is 2.56. The average Bonchev–Trinajstić information content (AvgIpc) is 2.29. The third-order valence-corrected chi connectivity index (χ3v) is 3.30. The molecule has 0 amide bonds. The Kier molecular flexibility index (Phi) is 3.60. The topological polar surface area (TPSA) is 17.1 Å². The maximum Gasteiger partial charge on any atom is 0.198 e. The molecule has 0 heterocycles. The molecule has 0 unspecified atom stereocenters. The van der Waals surface area contributed by atoms with Gasteiger partial charge in [0.25, 0.3) is 0 Å². The van der Waals surface area contributed by atoms with Gasteiger partial charge in [-0.2, -0.15) is 0 Å². The first kappa shape index (κ1) is 12.3. The van der Waals surface area contributed by atoms with Crippen LogP contribution < -0.4 is 0 Å². The van der Waals surface area contributed by atoms with E-state index in [0.717, 1.165) is 0 Å². The maximum atomic E-state index is 13.6. The quantitative estimate of drug-likeness (QED) is 0.748. The second-order valence-electron chi connectivity index (χ2n) is 3.41. The van der Waals surface area contributed by atoms with E-state index >= 15 is 0 Å². The van der Waals surface area contributed by atoms with Crippen molar-refractivity contribution >= 4 is 33.3 Å². The van der Waals surface area contributed by atoms with Crippen LogP contribution in [0.3, 0.4) is 0 Å². The number of rotatable bonds is 2. The molecule has 0 aliphatic heterocycles. The van der Waals surface area contributed by atoms with Crippen LogP contribution in [0, 0.1) is 5.82 Å². The number of ketones is 1. The first-order chi connectivity index (χ1) is 8.11. The van der Waals surface area contributed by atoms with Crippen LogP contribution in [0.25, 0.3) is 0 Å². The highest BCUT2D eigenvalue weighted by Crippen LogP contribution is 2.25. The zero-order valence-electron chi connectivity index (χ0n) is 8.58. The molecule has 1 nitrogen and oxygen atoms in total. The number of hydrogen-bond acceptors (Lipinski definition) is 1. The Morgan fingerprint density at radius 2 is 1.82 bits per heavy atom. The first-order valence-electron chi connectivity index (χ1n) is 4.84. The van der Waals surface area contributed by atoms with Crippen molar-refractivity contribution in [1.82, 2.24) is 0 Å². The summed E-state index contributed by atoms with van der Waals surface area (Å²) in [6.07, 6.45) is 0. The van der Waals surface area contributed by atoms with Gasteiger partial charge in [-0.25, -0.2) is 4.39 Å². The summed E-state index contributed by atoms with van der Waals surface area (Å²) in [5.41, 5.74) is 0.292. The molecule has 0 aromatic heterocycles. The Hall–Kier alpha value is -1.19. The first-order valence-corrected chi connectivity index (χ1v) is 6.01.